The molecule has 0 atom stereocenters. The van der Waals surface area contributed by atoms with Crippen molar-refractivity contribution in [1.82, 2.24) is 15.1 Å². The highest BCUT2D eigenvalue weighted by Crippen LogP contribution is 2.23. The van der Waals surface area contributed by atoms with E-state index in [2.05, 4.69) is 15.7 Å². The molecule has 2 rings (SSSR count). The van der Waals surface area contributed by atoms with Gasteiger partial charge in [0.25, 0.3) is 11.6 Å². The van der Waals surface area contributed by atoms with Crippen LogP contribution < -0.4 is 10.6 Å². The van der Waals surface area contributed by atoms with Crippen molar-refractivity contribution in [2.45, 2.75) is 6.92 Å². The van der Waals surface area contributed by atoms with Crippen LogP contribution in [-0.4, -0.2) is 25.7 Å². The Labute approximate surface area is 141 Å². The van der Waals surface area contributed by atoms with Gasteiger partial charge in [-0.25, -0.2) is 0 Å². The molecular weight excluding hydrogens is 342 g/mol. The molecule has 0 radical (unpaired) electrons. The van der Waals surface area contributed by atoms with Crippen molar-refractivity contribution in [2.75, 3.05) is 5.32 Å². The van der Waals surface area contributed by atoms with Crippen LogP contribution in [0.4, 0.5) is 11.4 Å². The van der Waals surface area contributed by atoms with Crippen LogP contribution in [0.2, 0.25) is 5.02 Å². The summed E-state index contributed by atoms with van der Waals surface area (Å²) in [5.41, 5.74) is 0.682. The molecule has 10 heteroatoms. The smallest absolute Gasteiger partial charge is 0.292 e. The van der Waals surface area contributed by atoms with Crippen molar-refractivity contribution >= 4 is 46.2 Å². The Bertz CT molecular complexity index is 805. The molecule has 0 aliphatic rings. The van der Waals surface area contributed by atoms with E-state index in [4.69, 9.17) is 23.8 Å². The Morgan fingerprint density at radius 3 is 2.65 bits per heavy atom. The van der Waals surface area contributed by atoms with E-state index in [1.54, 1.807) is 20.0 Å². The van der Waals surface area contributed by atoms with Crippen LogP contribution in [-0.2, 0) is 7.05 Å². The number of nitro groups is 1. The molecule has 0 spiro atoms. The number of halogens is 1. The fourth-order valence-corrected chi connectivity index (χ4v) is 2.38. The first-order valence-corrected chi connectivity index (χ1v) is 7.14. The Hall–Kier alpha value is -2.52. The summed E-state index contributed by atoms with van der Waals surface area (Å²) in [6.07, 6.45) is 0. The lowest BCUT2D eigenvalue weighted by molar-refractivity contribution is -0.383. The Morgan fingerprint density at radius 2 is 2.09 bits per heavy atom. The molecule has 1 heterocycles. The molecule has 120 valence electrons. The highest BCUT2D eigenvalue weighted by Gasteiger charge is 2.20. The van der Waals surface area contributed by atoms with Gasteiger partial charge in [0.1, 0.15) is 11.4 Å². The van der Waals surface area contributed by atoms with Gasteiger partial charge in [-0.3, -0.25) is 24.9 Å². The maximum absolute atomic E-state index is 12.2. The number of nitrogens with zero attached hydrogens (tertiary/aromatic N) is 3. The second kappa shape index (κ2) is 6.71. The highest BCUT2D eigenvalue weighted by atomic mass is 35.5. The van der Waals surface area contributed by atoms with Gasteiger partial charge in [-0.1, -0.05) is 23.7 Å². The van der Waals surface area contributed by atoms with E-state index in [1.165, 1.54) is 22.9 Å². The van der Waals surface area contributed by atoms with Crippen LogP contribution in [0.3, 0.4) is 0 Å². The molecule has 0 fully saturated rings. The summed E-state index contributed by atoms with van der Waals surface area (Å²) in [5, 5.41) is 20.2. The number of aromatic nitrogens is 2. The standard InChI is InChI=1S/C13H12ClN5O3S/c1-7-10(14)11(18(2)17-7)12(20)16-13(23)15-8-5-3-4-6-9(8)19(21)22/h3-6H,1-2H3,(H2,15,16,20,23). The zero-order valence-electron chi connectivity index (χ0n) is 12.2. The first-order chi connectivity index (χ1) is 10.8. The molecular formula is C13H12ClN5O3S. The summed E-state index contributed by atoms with van der Waals surface area (Å²) < 4.78 is 1.33. The SMILES string of the molecule is Cc1nn(C)c(C(=O)NC(=S)Nc2ccccc2[N+](=O)[O-])c1Cl. The lowest BCUT2D eigenvalue weighted by atomic mass is 10.3. The van der Waals surface area contributed by atoms with E-state index in [0.717, 1.165) is 0 Å². The number of nitro benzene ring substituents is 1. The van der Waals surface area contributed by atoms with Crippen molar-refractivity contribution in [2.24, 2.45) is 7.05 Å². The largest absolute Gasteiger partial charge is 0.327 e. The van der Waals surface area contributed by atoms with E-state index in [0.29, 0.717) is 5.69 Å². The lowest BCUT2D eigenvalue weighted by Crippen LogP contribution is -2.35. The fraction of sp³-hybridized carbons (Fsp3) is 0.154. The number of carbonyl (C=O) groups is 1. The summed E-state index contributed by atoms with van der Waals surface area (Å²) in [6.45, 7) is 1.67. The number of anilines is 1. The number of aryl methyl sites for hydroxylation is 2. The van der Waals surface area contributed by atoms with Crippen molar-refractivity contribution in [3.05, 3.63) is 50.8 Å². The van der Waals surface area contributed by atoms with E-state index in [1.807, 2.05) is 0 Å². The average molecular weight is 354 g/mol. The Morgan fingerprint density at radius 1 is 1.43 bits per heavy atom. The van der Waals surface area contributed by atoms with E-state index >= 15 is 0 Å². The third kappa shape index (κ3) is 3.63. The van der Waals surface area contributed by atoms with Crippen LogP contribution in [0.5, 0.6) is 0 Å². The average Bonchev–Trinajstić information content (AvgIpc) is 2.72. The molecule has 23 heavy (non-hydrogen) atoms. The summed E-state index contributed by atoms with van der Waals surface area (Å²) in [5.74, 6) is -0.561. The minimum absolute atomic E-state index is 0.0841. The second-order valence-electron chi connectivity index (χ2n) is 4.55. The zero-order chi connectivity index (χ0) is 17.1. The van der Waals surface area contributed by atoms with Gasteiger partial charge >= 0.3 is 0 Å². The van der Waals surface area contributed by atoms with Crippen molar-refractivity contribution in [3.63, 3.8) is 0 Å². The third-order valence-corrected chi connectivity index (χ3v) is 3.60. The number of hydrogen-bond acceptors (Lipinski definition) is 5. The normalized spacial score (nSPS) is 10.2. The molecule has 0 saturated heterocycles. The number of rotatable bonds is 3. The third-order valence-electron chi connectivity index (χ3n) is 2.94. The molecule has 1 aromatic heterocycles. The second-order valence-corrected chi connectivity index (χ2v) is 5.34. The number of carbonyl (C=O) groups excluding carboxylic acids is 1. The fourth-order valence-electron chi connectivity index (χ4n) is 1.93. The van der Waals surface area contributed by atoms with Crippen molar-refractivity contribution in [1.29, 1.82) is 0 Å². The number of para-hydroxylation sites is 2. The quantitative estimate of drug-likeness (QED) is 0.499. The van der Waals surface area contributed by atoms with Gasteiger partial charge in [-0.2, -0.15) is 5.10 Å². The van der Waals surface area contributed by atoms with E-state index in [9.17, 15) is 14.9 Å². The topological polar surface area (TPSA) is 102 Å². The van der Waals surface area contributed by atoms with E-state index < -0.39 is 10.8 Å². The van der Waals surface area contributed by atoms with Crippen LogP contribution in [0.1, 0.15) is 16.2 Å². The molecule has 2 aromatic rings. The van der Waals surface area contributed by atoms with Crippen LogP contribution in [0, 0.1) is 17.0 Å². The lowest BCUT2D eigenvalue weighted by Gasteiger charge is -2.10. The maximum atomic E-state index is 12.2. The number of hydrogen-bond donors (Lipinski definition) is 2. The summed E-state index contributed by atoms with van der Waals surface area (Å²) in [7, 11) is 1.58. The van der Waals surface area contributed by atoms with Gasteiger partial charge in [0.05, 0.1) is 15.6 Å². The summed E-state index contributed by atoms with van der Waals surface area (Å²) in [6, 6.07) is 5.95. The number of thiocarbonyl (C=S) groups is 1. The van der Waals surface area contributed by atoms with Gasteiger partial charge in [0.2, 0.25) is 0 Å². The van der Waals surface area contributed by atoms with Crippen molar-refractivity contribution < 1.29 is 9.72 Å². The van der Waals surface area contributed by atoms with Crippen LogP contribution in [0.25, 0.3) is 0 Å². The molecule has 0 aliphatic carbocycles. The van der Waals surface area contributed by atoms with Gasteiger partial charge in [-0.05, 0) is 25.2 Å². The van der Waals surface area contributed by atoms with Gasteiger partial charge in [-0.15, -0.1) is 0 Å². The Kier molecular flexibility index (Phi) is 4.92. The highest BCUT2D eigenvalue weighted by molar-refractivity contribution is 7.80. The summed E-state index contributed by atoms with van der Waals surface area (Å²) >= 11 is 11.0. The molecule has 0 aliphatic heterocycles. The predicted molar refractivity (Wildman–Crippen MR) is 89.7 cm³/mol. The van der Waals surface area contributed by atoms with Gasteiger partial charge in [0.15, 0.2) is 5.11 Å². The molecule has 0 bridgehead atoms. The number of benzene rings is 1. The van der Waals surface area contributed by atoms with Gasteiger partial charge < -0.3 is 5.32 Å². The molecule has 1 aromatic carbocycles. The van der Waals surface area contributed by atoms with E-state index in [-0.39, 0.29) is 27.2 Å². The summed E-state index contributed by atoms with van der Waals surface area (Å²) in [4.78, 5) is 22.6. The minimum atomic E-state index is -0.561. The monoisotopic (exact) mass is 353 g/mol. The number of amides is 1. The molecule has 8 nitrogen and oxygen atoms in total. The van der Waals surface area contributed by atoms with Gasteiger partial charge in [0, 0.05) is 13.1 Å². The molecule has 2 N–H and O–H groups in total. The molecule has 0 saturated carbocycles. The first kappa shape index (κ1) is 16.8. The first-order valence-electron chi connectivity index (χ1n) is 6.36. The minimum Gasteiger partial charge on any atom is -0.327 e. The predicted octanol–water partition coefficient (Wildman–Crippen LogP) is 2.42. The number of nitrogens with one attached hydrogen (secondary N) is 2. The Balaban J connectivity index is 2.14. The van der Waals surface area contributed by atoms with Crippen LogP contribution in [0.15, 0.2) is 24.3 Å². The molecule has 1 amide bonds. The molecule has 0 unspecified atom stereocenters. The van der Waals surface area contributed by atoms with Crippen molar-refractivity contribution in [3.8, 4) is 0 Å². The van der Waals surface area contributed by atoms with Crippen LogP contribution >= 0.6 is 23.8 Å². The maximum Gasteiger partial charge on any atom is 0.292 e. The zero-order valence-corrected chi connectivity index (χ0v) is 13.7.